The van der Waals surface area contributed by atoms with Crippen LogP contribution in [0.3, 0.4) is 0 Å². The van der Waals surface area contributed by atoms with Crippen LogP contribution in [0.2, 0.25) is 0 Å². The molecule has 0 atom stereocenters. The fraction of sp³-hybridized carbons (Fsp3) is 0.316. The van der Waals surface area contributed by atoms with E-state index in [1.165, 1.54) is 11.6 Å². The van der Waals surface area contributed by atoms with Crippen LogP contribution >= 0.6 is 0 Å². The Balaban J connectivity index is 2.29. The third-order valence-corrected chi connectivity index (χ3v) is 4.54. The summed E-state index contributed by atoms with van der Waals surface area (Å²) in [6.07, 6.45) is 2.52. The Morgan fingerprint density at radius 2 is 1.76 bits per heavy atom. The molecule has 0 saturated heterocycles. The molecule has 0 bridgehead atoms. The maximum Gasteiger partial charge on any atom is 0.332 e. The van der Waals surface area contributed by atoms with Gasteiger partial charge in [0.25, 0.3) is 5.56 Å². The van der Waals surface area contributed by atoms with Crippen molar-refractivity contribution in [2.45, 2.75) is 19.9 Å². The minimum absolute atomic E-state index is 0.309. The Morgan fingerprint density at radius 3 is 2.40 bits per heavy atom. The highest BCUT2D eigenvalue weighted by Gasteiger charge is 2.19. The van der Waals surface area contributed by atoms with E-state index in [1.54, 1.807) is 13.2 Å². The lowest BCUT2D eigenvalue weighted by atomic mass is 10.1. The van der Waals surface area contributed by atoms with E-state index in [0.717, 1.165) is 27.8 Å². The molecule has 0 N–H and O–H groups in total. The van der Waals surface area contributed by atoms with Gasteiger partial charge in [-0.3, -0.25) is 13.9 Å². The fourth-order valence-electron chi connectivity index (χ4n) is 3.18. The van der Waals surface area contributed by atoms with Crippen LogP contribution in [0.5, 0.6) is 0 Å². The predicted molar refractivity (Wildman–Crippen MR) is 100 cm³/mol. The molecule has 3 aromatic rings. The predicted octanol–water partition coefficient (Wildman–Crippen LogP) is 1.83. The maximum absolute atomic E-state index is 12.8. The Bertz CT molecular complexity index is 1040. The summed E-state index contributed by atoms with van der Waals surface area (Å²) in [5, 5.41) is 0.488. The highest BCUT2D eigenvalue weighted by molar-refractivity contribution is 5.90. The Labute approximate surface area is 146 Å². The van der Waals surface area contributed by atoms with Crippen LogP contribution in [0.4, 0.5) is 5.69 Å². The molecule has 1 aromatic carbocycles. The highest BCUT2D eigenvalue weighted by Crippen LogP contribution is 2.27. The topological polar surface area (TPSA) is 60.1 Å². The van der Waals surface area contributed by atoms with E-state index < -0.39 is 0 Å². The van der Waals surface area contributed by atoms with Crippen LogP contribution in [-0.4, -0.2) is 21.2 Å². The maximum atomic E-state index is 12.8. The van der Waals surface area contributed by atoms with Crippen LogP contribution in [0.1, 0.15) is 18.1 Å². The lowest BCUT2D eigenvalue weighted by molar-refractivity contribution is 0.706. The molecule has 25 heavy (non-hydrogen) atoms. The van der Waals surface area contributed by atoms with Gasteiger partial charge in [0.1, 0.15) is 5.39 Å². The van der Waals surface area contributed by atoms with Crippen molar-refractivity contribution in [2.75, 3.05) is 11.9 Å². The van der Waals surface area contributed by atoms with E-state index >= 15 is 0 Å². The number of aromatic nitrogens is 3. The molecule has 130 valence electrons. The summed E-state index contributed by atoms with van der Waals surface area (Å²) in [6.45, 7) is 2.70. The molecule has 2 heterocycles. The third-order valence-electron chi connectivity index (χ3n) is 4.54. The van der Waals surface area contributed by atoms with E-state index in [2.05, 4.69) is 22.0 Å². The van der Waals surface area contributed by atoms with Crippen LogP contribution in [0.15, 0.2) is 46.1 Å². The highest BCUT2D eigenvalue weighted by atomic mass is 16.2. The number of fused-ring (bicyclic) bond motifs is 1. The second-order valence-corrected chi connectivity index (χ2v) is 6.23. The van der Waals surface area contributed by atoms with E-state index in [1.807, 2.05) is 32.2 Å². The number of aryl methyl sites for hydroxylation is 2. The number of hydrogen-bond donors (Lipinski definition) is 0. The SMILES string of the molecule is CCc1cnc2c(c1N(C)Cc1ccccc1)c(=O)n(C)c(=O)n2C. The molecular formula is C19H22N4O2. The normalized spacial score (nSPS) is 11.0. The second kappa shape index (κ2) is 6.55. The number of pyridine rings is 1. The van der Waals surface area contributed by atoms with E-state index in [9.17, 15) is 9.59 Å². The molecule has 0 aliphatic heterocycles. The summed E-state index contributed by atoms with van der Waals surface area (Å²) < 4.78 is 2.57. The Morgan fingerprint density at radius 1 is 1.08 bits per heavy atom. The zero-order valence-corrected chi connectivity index (χ0v) is 15.0. The van der Waals surface area contributed by atoms with Crippen molar-refractivity contribution in [1.82, 2.24) is 14.1 Å². The molecule has 0 amide bonds. The van der Waals surface area contributed by atoms with E-state index in [-0.39, 0.29) is 11.2 Å². The van der Waals surface area contributed by atoms with Gasteiger partial charge in [-0.05, 0) is 17.5 Å². The molecule has 3 rings (SSSR count). The Hall–Kier alpha value is -2.89. The minimum atomic E-state index is -0.370. The summed E-state index contributed by atoms with van der Waals surface area (Å²) in [7, 11) is 5.11. The van der Waals surface area contributed by atoms with Crippen molar-refractivity contribution in [2.24, 2.45) is 14.1 Å². The summed E-state index contributed by atoms with van der Waals surface area (Å²) in [4.78, 5) is 31.5. The quantitative estimate of drug-likeness (QED) is 0.728. The number of benzene rings is 1. The second-order valence-electron chi connectivity index (χ2n) is 6.23. The largest absolute Gasteiger partial charge is 0.369 e. The van der Waals surface area contributed by atoms with Crippen LogP contribution < -0.4 is 16.1 Å². The lowest BCUT2D eigenvalue weighted by Gasteiger charge is -2.24. The molecule has 0 spiro atoms. The molecule has 0 saturated carbocycles. The number of nitrogens with zero attached hydrogens (tertiary/aromatic N) is 4. The monoisotopic (exact) mass is 338 g/mol. The summed E-state index contributed by atoms with van der Waals surface area (Å²) in [5.74, 6) is 0. The number of hydrogen-bond acceptors (Lipinski definition) is 4. The van der Waals surface area contributed by atoms with E-state index in [4.69, 9.17) is 0 Å². The van der Waals surface area contributed by atoms with Crippen molar-refractivity contribution >= 4 is 16.7 Å². The summed E-state index contributed by atoms with van der Waals surface area (Å²) in [6, 6.07) is 10.1. The summed E-state index contributed by atoms with van der Waals surface area (Å²) >= 11 is 0. The third kappa shape index (κ3) is 2.84. The fourth-order valence-corrected chi connectivity index (χ4v) is 3.18. The zero-order chi connectivity index (χ0) is 18.1. The van der Waals surface area contributed by atoms with Gasteiger partial charge in [-0.1, -0.05) is 37.3 Å². The van der Waals surface area contributed by atoms with Crippen LogP contribution in [0, 0.1) is 0 Å². The van der Waals surface area contributed by atoms with Crippen molar-refractivity contribution in [3.63, 3.8) is 0 Å². The van der Waals surface area contributed by atoms with Crippen LogP contribution in [-0.2, 0) is 27.1 Å². The molecule has 6 heteroatoms. The van der Waals surface area contributed by atoms with Gasteiger partial charge >= 0.3 is 5.69 Å². The first-order valence-corrected chi connectivity index (χ1v) is 8.28. The van der Waals surface area contributed by atoms with Gasteiger partial charge in [0.2, 0.25) is 0 Å². The average molecular weight is 338 g/mol. The standard InChI is InChI=1S/C19H22N4O2/c1-5-14-11-20-17-15(18(24)23(4)19(25)22(17)3)16(14)21(2)12-13-9-7-6-8-10-13/h6-11H,5,12H2,1-4H3. The molecule has 2 aromatic heterocycles. The van der Waals surface area contributed by atoms with Gasteiger partial charge in [0.15, 0.2) is 5.65 Å². The minimum Gasteiger partial charge on any atom is -0.369 e. The summed E-state index contributed by atoms with van der Waals surface area (Å²) in [5.41, 5.74) is 2.72. The molecule has 6 nitrogen and oxygen atoms in total. The van der Waals surface area contributed by atoms with E-state index in [0.29, 0.717) is 17.6 Å². The van der Waals surface area contributed by atoms with Gasteiger partial charge in [-0.2, -0.15) is 0 Å². The van der Waals surface area contributed by atoms with Gasteiger partial charge in [0, 0.05) is 33.9 Å². The zero-order valence-electron chi connectivity index (χ0n) is 15.0. The first-order valence-electron chi connectivity index (χ1n) is 8.28. The molecule has 0 aliphatic rings. The van der Waals surface area contributed by atoms with Crippen molar-refractivity contribution < 1.29 is 0 Å². The molecule has 0 fully saturated rings. The molecule has 0 radical (unpaired) electrons. The molecule has 0 unspecified atom stereocenters. The van der Waals surface area contributed by atoms with Crippen LogP contribution in [0.25, 0.3) is 11.0 Å². The molecular weight excluding hydrogens is 316 g/mol. The van der Waals surface area contributed by atoms with Gasteiger partial charge < -0.3 is 4.90 Å². The van der Waals surface area contributed by atoms with Gasteiger partial charge in [-0.15, -0.1) is 0 Å². The van der Waals surface area contributed by atoms with Gasteiger partial charge in [-0.25, -0.2) is 9.78 Å². The van der Waals surface area contributed by atoms with Crippen molar-refractivity contribution in [3.8, 4) is 0 Å². The molecule has 0 aliphatic carbocycles. The first-order chi connectivity index (χ1) is 12.0. The Kier molecular flexibility index (Phi) is 4.44. The van der Waals surface area contributed by atoms with Crippen molar-refractivity contribution in [1.29, 1.82) is 0 Å². The average Bonchev–Trinajstić information content (AvgIpc) is 2.64. The number of anilines is 1. The smallest absolute Gasteiger partial charge is 0.332 e. The van der Waals surface area contributed by atoms with Crippen molar-refractivity contribution in [3.05, 3.63) is 68.5 Å². The number of rotatable bonds is 4. The van der Waals surface area contributed by atoms with Gasteiger partial charge in [0.05, 0.1) is 5.69 Å². The lowest BCUT2D eigenvalue weighted by Crippen LogP contribution is -2.38. The first kappa shape index (κ1) is 17.0.